The summed E-state index contributed by atoms with van der Waals surface area (Å²) < 4.78 is 5.38. The minimum absolute atomic E-state index is 0.0638. The number of rotatable bonds is 6. The van der Waals surface area contributed by atoms with Crippen LogP contribution in [0.5, 0.6) is 5.75 Å². The molecule has 0 saturated carbocycles. The number of ether oxygens (including phenoxy) is 1. The minimum atomic E-state index is -0.322. The summed E-state index contributed by atoms with van der Waals surface area (Å²) in [7, 11) is 0. The first-order valence-electron chi connectivity index (χ1n) is 7.00. The van der Waals surface area contributed by atoms with Crippen molar-refractivity contribution in [3.63, 3.8) is 0 Å². The van der Waals surface area contributed by atoms with Gasteiger partial charge in [-0.1, -0.05) is 30.1 Å². The van der Waals surface area contributed by atoms with E-state index in [0.717, 1.165) is 0 Å². The van der Waals surface area contributed by atoms with E-state index in [1.54, 1.807) is 49.4 Å². The van der Waals surface area contributed by atoms with Crippen LogP contribution in [-0.2, 0) is 4.79 Å². The van der Waals surface area contributed by atoms with Crippen LogP contribution in [-0.4, -0.2) is 18.3 Å². The van der Waals surface area contributed by atoms with Crippen molar-refractivity contribution >= 4 is 40.6 Å². The van der Waals surface area contributed by atoms with E-state index in [4.69, 9.17) is 27.9 Å². The van der Waals surface area contributed by atoms with Crippen molar-refractivity contribution in [1.29, 1.82) is 0 Å². The Hall–Kier alpha value is -2.04. The summed E-state index contributed by atoms with van der Waals surface area (Å²) in [4.78, 5) is 23.4. The van der Waals surface area contributed by atoms with Crippen molar-refractivity contribution in [3.8, 4) is 5.75 Å². The molecule has 0 radical (unpaired) electrons. The molecule has 0 bridgehead atoms. The zero-order valence-electron chi connectivity index (χ0n) is 12.4. The minimum Gasteiger partial charge on any atom is -0.484 e. The van der Waals surface area contributed by atoms with Crippen LogP contribution in [0.4, 0.5) is 5.69 Å². The molecule has 4 nitrogen and oxygen atoms in total. The second-order valence-electron chi connectivity index (χ2n) is 4.77. The lowest BCUT2D eigenvalue weighted by Gasteiger charge is -2.08. The van der Waals surface area contributed by atoms with E-state index < -0.39 is 0 Å². The zero-order chi connectivity index (χ0) is 16.8. The molecule has 0 heterocycles. The average Bonchev–Trinajstić information content (AvgIpc) is 2.56. The van der Waals surface area contributed by atoms with Gasteiger partial charge in [-0.2, -0.15) is 0 Å². The topological polar surface area (TPSA) is 55.4 Å². The number of carbonyl (C=O) groups is 2. The molecule has 0 spiro atoms. The van der Waals surface area contributed by atoms with Gasteiger partial charge in [0.2, 0.25) is 0 Å². The number of nitrogens with one attached hydrogen (secondary N) is 1. The summed E-state index contributed by atoms with van der Waals surface area (Å²) in [6.45, 7) is 1.65. The molecule has 2 aromatic carbocycles. The van der Waals surface area contributed by atoms with Crippen LogP contribution in [0, 0.1) is 0 Å². The molecule has 2 aromatic rings. The highest BCUT2D eigenvalue weighted by atomic mass is 35.5. The monoisotopic (exact) mass is 351 g/mol. The van der Waals surface area contributed by atoms with Crippen LogP contribution in [0.2, 0.25) is 10.0 Å². The standard InChI is InChI=1S/C17H15Cl2NO3/c1-2-16(21)11-3-6-13(7-4-11)23-10-17(22)20-12-5-8-14(18)15(19)9-12/h3-9H,2,10H2,1H3,(H,20,22). The fourth-order valence-electron chi connectivity index (χ4n) is 1.86. The maximum absolute atomic E-state index is 11.8. The second kappa shape index (κ2) is 7.99. The number of anilines is 1. The molecule has 120 valence electrons. The normalized spacial score (nSPS) is 10.2. The first kappa shape index (κ1) is 17.3. The molecule has 2 rings (SSSR count). The smallest absolute Gasteiger partial charge is 0.262 e. The van der Waals surface area contributed by atoms with Crippen molar-refractivity contribution in [3.05, 3.63) is 58.1 Å². The molecular formula is C17H15Cl2NO3. The third-order valence-corrected chi connectivity index (χ3v) is 3.81. The highest BCUT2D eigenvalue weighted by molar-refractivity contribution is 6.42. The van der Waals surface area contributed by atoms with Crippen LogP contribution in [0.15, 0.2) is 42.5 Å². The third-order valence-electron chi connectivity index (χ3n) is 3.07. The third kappa shape index (κ3) is 4.98. The van der Waals surface area contributed by atoms with Gasteiger partial charge in [0.15, 0.2) is 12.4 Å². The summed E-state index contributed by atoms with van der Waals surface area (Å²) in [6.07, 6.45) is 0.451. The lowest BCUT2D eigenvalue weighted by atomic mass is 10.1. The molecule has 0 aromatic heterocycles. The molecule has 0 fully saturated rings. The van der Waals surface area contributed by atoms with Gasteiger partial charge in [0.25, 0.3) is 5.91 Å². The number of hydrogen-bond acceptors (Lipinski definition) is 3. The van der Waals surface area contributed by atoms with Crippen molar-refractivity contribution in [2.45, 2.75) is 13.3 Å². The Balaban J connectivity index is 1.88. The number of halogens is 2. The Morgan fingerprint density at radius 2 is 1.74 bits per heavy atom. The maximum Gasteiger partial charge on any atom is 0.262 e. The first-order chi connectivity index (χ1) is 11.0. The molecule has 6 heteroatoms. The van der Waals surface area contributed by atoms with E-state index in [1.165, 1.54) is 0 Å². The number of Topliss-reactive ketones (excluding diaryl/α,β-unsaturated/α-hetero) is 1. The SMILES string of the molecule is CCC(=O)c1ccc(OCC(=O)Nc2ccc(Cl)c(Cl)c2)cc1. The summed E-state index contributed by atoms with van der Waals surface area (Å²) in [5.74, 6) is 0.257. The van der Waals surface area contributed by atoms with E-state index in [-0.39, 0.29) is 18.3 Å². The Kier molecular flexibility index (Phi) is 6.02. The van der Waals surface area contributed by atoms with Gasteiger partial charge in [0.1, 0.15) is 5.75 Å². The molecule has 0 aliphatic carbocycles. The largest absolute Gasteiger partial charge is 0.484 e. The van der Waals surface area contributed by atoms with Gasteiger partial charge >= 0.3 is 0 Å². The molecule has 0 aliphatic rings. The van der Waals surface area contributed by atoms with Crippen LogP contribution in [0.3, 0.4) is 0 Å². The Labute approximate surface area is 144 Å². The average molecular weight is 352 g/mol. The van der Waals surface area contributed by atoms with Crippen molar-refractivity contribution < 1.29 is 14.3 Å². The molecule has 0 unspecified atom stereocenters. The summed E-state index contributed by atoms with van der Waals surface area (Å²) in [6, 6.07) is 11.5. The van der Waals surface area contributed by atoms with Gasteiger partial charge in [-0.05, 0) is 42.5 Å². The Morgan fingerprint density at radius 1 is 1.04 bits per heavy atom. The predicted molar refractivity (Wildman–Crippen MR) is 91.7 cm³/mol. The fourth-order valence-corrected chi connectivity index (χ4v) is 2.16. The van der Waals surface area contributed by atoms with Crippen LogP contribution in [0.25, 0.3) is 0 Å². The summed E-state index contributed by atoms with van der Waals surface area (Å²) in [5.41, 5.74) is 1.16. The van der Waals surface area contributed by atoms with Gasteiger partial charge < -0.3 is 10.1 Å². The molecule has 0 aliphatic heterocycles. The highest BCUT2D eigenvalue weighted by Crippen LogP contribution is 2.25. The quantitative estimate of drug-likeness (QED) is 0.773. The van der Waals surface area contributed by atoms with E-state index in [9.17, 15) is 9.59 Å². The summed E-state index contributed by atoms with van der Waals surface area (Å²) in [5, 5.41) is 3.44. The van der Waals surface area contributed by atoms with E-state index >= 15 is 0 Å². The van der Waals surface area contributed by atoms with Crippen molar-refractivity contribution in [2.24, 2.45) is 0 Å². The highest BCUT2D eigenvalue weighted by Gasteiger charge is 2.07. The maximum atomic E-state index is 11.8. The second-order valence-corrected chi connectivity index (χ2v) is 5.58. The van der Waals surface area contributed by atoms with Gasteiger partial charge in [-0.3, -0.25) is 9.59 Å². The first-order valence-corrected chi connectivity index (χ1v) is 7.76. The van der Waals surface area contributed by atoms with Gasteiger partial charge in [-0.25, -0.2) is 0 Å². The lowest BCUT2D eigenvalue weighted by Crippen LogP contribution is -2.20. The predicted octanol–water partition coefficient (Wildman–Crippen LogP) is 4.60. The van der Waals surface area contributed by atoms with Crippen LogP contribution < -0.4 is 10.1 Å². The number of amides is 1. The van der Waals surface area contributed by atoms with Gasteiger partial charge in [-0.15, -0.1) is 0 Å². The molecular weight excluding hydrogens is 337 g/mol. The fraction of sp³-hybridized carbons (Fsp3) is 0.176. The number of ketones is 1. The van der Waals surface area contributed by atoms with Crippen molar-refractivity contribution in [2.75, 3.05) is 11.9 Å². The number of benzene rings is 2. The lowest BCUT2D eigenvalue weighted by molar-refractivity contribution is -0.118. The molecule has 0 saturated heterocycles. The Morgan fingerprint density at radius 3 is 2.35 bits per heavy atom. The molecule has 1 N–H and O–H groups in total. The van der Waals surface area contributed by atoms with E-state index in [0.29, 0.717) is 33.5 Å². The number of carbonyl (C=O) groups excluding carboxylic acids is 2. The molecule has 1 amide bonds. The molecule has 23 heavy (non-hydrogen) atoms. The number of hydrogen-bond donors (Lipinski definition) is 1. The summed E-state index contributed by atoms with van der Waals surface area (Å²) >= 11 is 11.7. The molecule has 0 atom stereocenters. The van der Waals surface area contributed by atoms with E-state index in [2.05, 4.69) is 5.32 Å². The van der Waals surface area contributed by atoms with Crippen molar-refractivity contribution in [1.82, 2.24) is 0 Å². The van der Waals surface area contributed by atoms with Crippen LogP contribution >= 0.6 is 23.2 Å². The van der Waals surface area contributed by atoms with E-state index in [1.807, 2.05) is 0 Å². The Bertz CT molecular complexity index is 714. The van der Waals surface area contributed by atoms with Gasteiger partial charge in [0, 0.05) is 17.7 Å². The zero-order valence-corrected chi connectivity index (χ0v) is 13.9. The van der Waals surface area contributed by atoms with Crippen LogP contribution in [0.1, 0.15) is 23.7 Å². The van der Waals surface area contributed by atoms with Gasteiger partial charge in [0.05, 0.1) is 10.0 Å².